The number of carbonyl (C=O) groups is 1. The molecular weight excluding hydrogens is 394 g/mol. The summed E-state index contributed by atoms with van der Waals surface area (Å²) < 4.78 is 17.2. The van der Waals surface area contributed by atoms with Gasteiger partial charge < -0.3 is 23.8 Å². The number of rotatable bonds is 11. The van der Waals surface area contributed by atoms with Gasteiger partial charge in [-0.05, 0) is 11.1 Å². The highest BCUT2D eigenvalue weighted by atomic mass is 16.6. The van der Waals surface area contributed by atoms with E-state index >= 15 is 0 Å². The topological polar surface area (TPSA) is 67.8 Å². The molecule has 1 fully saturated rings. The molecule has 31 heavy (non-hydrogen) atoms. The van der Waals surface area contributed by atoms with E-state index in [0.29, 0.717) is 30.9 Å². The molecule has 0 N–H and O–H groups in total. The minimum absolute atomic E-state index is 0.158. The first-order chi connectivity index (χ1) is 15.0. The summed E-state index contributed by atoms with van der Waals surface area (Å²) in [5.41, 5.74) is -1.31. The van der Waals surface area contributed by atoms with Crippen LogP contribution in [0, 0.1) is 0 Å². The normalized spacial score (nSPS) is 21.2. The average Bonchev–Trinajstić information content (AvgIpc) is 3.18. The van der Waals surface area contributed by atoms with E-state index in [2.05, 4.69) is 7.05 Å². The van der Waals surface area contributed by atoms with E-state index in [-0.39, 0.29) is 12.6 Å². The summed E-state index contributed by atoms with van der Waals surface area (Å²) in [6.07, 6.45) is 2.03. The standard InChI is InChI=1S/C25H33NO5/c1-26(16-17-30-19-18-29-2)15-9-14-23(26)20-31-24(27)25(28,21-10-5-3-6-11-21)22-12-7-4-8-13-22/h3-8,10-13,23H,9,14-20H2,1-2H3/t23-,26?/m1/s1. The predicted molar refractivity (Wildman–Crippen MR) is 116 cm³/mol. The molecule has 0 saturated carbocycles. The number of ether oxygens (including phenoxy) is 3. The van der Waals surface area contributed by atoms with Gasteiger partial charge in [0.05, 0.1) is 33.4 Å². The zero-order chi connectivity index (χ0) is 22.2. The molecule has 1 aliphatic rings. The van der Waals surface area contributed by atoms with Gasteiger partial charge in [-0.2, -0.15) is 0 Å². The van der Waals surface area contributed by atoms with Crippen LogP contribution in [0.5, 0.6) is 0 Å². The van der Waals surface area contributed by atoms with Crippen molar-refractivity contribution in [2.45, 2.75) is 24.5 Å². The molecular formula is C25H33NO5. The summed E-state index contributed by atoms with van der Waals surface area (Å²) in [4.78, 5) is 13.2. The Balaban J connectivity index is 1.68. The number of likely N-dealkylation sites (tertiary alicyclic amines) is 1. The van der Waals surface area contributed by atoms with E-state index < -0.39 is 11.6 Å². The molecule has 0 radical (unpaired) electrons. The van der Waals surface area contributed by atoms with Gasteiger partial charge in [0.1, 0.15) is 19.2 Å². The zero-order valence-electron chi connectivity index (χ0n) is 18.5. The van der Waals surface area contributed by atoms with Gasteiger partial charge in [-0.25, -0.2) is 0 Å². The molecule has 0 bridgehead atoms. The molecule has 1 aliphatic heterocycles. The summed E-state index contributed by atoms with van der Waals surface area (Å²) >= 11 is 0. The fourth-order valence-electron chi connectivity index (χ4n) is 4.28. The summed E-state index contributed by atoms with van der Waals surface area (Å²) in [6.45, 7) is 3.86. The molecule has 0 amide bonds. The van der Waals surface area contributed by atoms with Gasteiger partial charge in [0.2, 0.25) is 0 Å². The van der Waals surface area contributed by atoms with Crippen LogP contribution in [0.25, 0.3) is 0 Å². The number of benzene rings is 2. The Bertz CT molecular complexity index is 774. The van der Waals surface area contributed by atoms with Crippen molar-refractivity contribution in [2.75, 3.05) is 53.7 Å². The van der Waals surface area contributed by atoms with Crippen LogP contribution in [0.1, 0.15) is 24.0 Å². The number of hydrogen-bond donors (Lipinski definition) is 0. The second-order valence-electron chi connectivity index (χ2n) is 8.34. The van der Waals surface area contributed by atoms with Gasteiger partial charge in [-0.15, -0.1) is 0 Å². The molecule has 0 spiro atoms. The van der Waals surface area contributed by atoms with Crippen LogP contribution in [0.15, 0.2) is 60.7 Å². The minimum Gasteiger partial charge on any atom is -0.834 e. The fourth-order valence-corrected chi connectivity index (χ4v) is 4.28. The molecule has 3 rings (SSSR count). The van der Waals surface area contributed by atoms with Crippen molar-refractivity contribution in [1.82, 2.24) is 0 Å². The van der Waals surface area contributed by atoms with Crippen LogP contribution in [0.3, 0.4) is 0 Å². The van der Waals surface area contributed by atoms with Gasteiger partial charge in [0.25, 0.3) is 0 Å². The fraction of sp³-hybridized carbons (Fsp3) is 0.480. The number of esters is 1. The van der Waals surface area contributed by atoms with Gasteiger partial charge >= 0.3 is 5.97 Å². The predicted octanol–water partition coefficient (Wildman–Crippen LogP) is 2.11. The second kappa shape index (κ2) is 10.9. The molecule has 2 aromatic rings. The molecule has 1 heterocycles. The number of nitrogens with zero attached hydrogens (tertiary/aromatic N) is 1. The maximum absolute atomic E-state index is 13.9. The highest BCUT2D eigenvalue weighted by Gasteiger charge is 2.40. The number of quaternary nitrogens is 1. The van der Waals surface area contributed by atoms with Gasteiger partial charge in [0, 0.05) is 25.6 Å². The maximum atomic E-state index is 13.9. The van der Waals surface area contributed by atoms with Crippen molar-refractivity contribution >= 4 is 5.97 Å². The van der Waals surface area contributed by atoms with E-state index in [0.717, 1.165) is 30.4 Å². The Labute approximate surface area is 184 Å². The van der Waals surface area contributed by atoms with E-state index in [9.17, 15) is 9.90 Å². The first kappa shape index (κ1) is 23.4. The first-order valence-corrected chi connectivity index (χ1v) is 10.9. The lowest BCUT2D eigenvalue weighted by molar-refractivity contribution is -0.921. The van der Waals surface area contributed by atoms with Crippen LogP contribution in [-0.4, -0.2) is 70.2 Å². The first-order valence-electron chi connectivity index (χ1n) is 10.9. The lowest BCUT2D eigenvalue weighted by Crippen LogP contribution is -2.54. The van der Waals surface area contributed by atoms with Crippen LogP contribution in [0.2, 0.25) is 0 Å². The quantitative estimate of drug-likeness (QED) is 0.312. The molecule has 2 aromatic carbocycles. The van der Waals surface area contributed by atoms with Crippen LogP contribution >= 0.6 is 0 Å². The van der Waals surface area contributed by atoms with Crippen LogP contribution < -0.4 is 5.11 Å². The Hall–Kier alpha value is -2.25. The monoisotopic (exact) mass is 427 g/mol. The molecule has 1 unspecified atom stereocenters. The van der Waals surface area contributed by atoms with Crippen molar-refractivity contribution in [2.24, 2.45) is 0 Å². The Morgan fingerprint density at radius 3 is 2.23 bits per heavy atom. The summed E-state index contributed by atoms with van der Waals surface area (Å²) in [6, 6.07) is 17.7. The van der Waals surface area contributed by atoms with Crippen molar-refractivity contribution in [1.29, 1.82) is 0 Å². The molecule has 168 valence electrons. The third kappa shape index (κ3) is 5.52. The van der Waals surface area contributed by atoms with Crippen molar-refractivity contribution in [3.8, 4) is 0 Å². The number of likely N-dealkylation sites (N-methyl/N-ethyl adjacent to an activating group) is 1. The third-order valence-electron chi connectivity index (χ3n) is 6.32. The smallest absolute Gasteiger partial charge is 0.304 e. The highest BCUT2D eigenvalue weighted by molar-refractivity contribution is 5.85. The molecule has 6 nitrogen and oxygen atoms in total. The average molecular weight is 428 g/mol. The van der Waals surface area contributed by atoms with Gasteiger partial charge in [-0.1, -0.05) is 60.7 Å². The SMILES string of the molecule is COCCOCC[N+]1(C)CCC[C@@H]1COC(=O)C([O-])(c1ccccc1)c1ccccc1. The van der Waals surface area contributed by atoms with Crippen molar-refractivity contribution in [3.63, 3.8) is 0 Å². The Morgan fingerprint density at radius 2 is 1.65 bits per heavy atom. The van der Waals surface area contributed by atoms with E-state index in [1.54, 1.807) is 55.6 Å². The molecule has 0 aliphatic carbocycles. The molecule has 1 saturated heterocycles. The molecule has 2 atom stereocenters. The second-order valence-corrected chi connectivity index (χ2v) is 8.34. The molecule has 6 heteroatoms. The largest absolute Gasteiger partial charge is 0.834 e. The summed E-state index contributed by atoms with van der Waals surface area (Å²) in [7, 11) is 3.83. The van der Waals surface area contributed by atoms with E-state index in [4.69, 9.17) is 14.2 Å². The summed E-state index contributed by atoms with van der Waals surface area (Å²) in [5.74, 6) is -0.750. The summed E-state index contributed by atoms with van der Waals surface area (Å²) in [5, 5.41) is 13.9. The lowest BCUT2D eigenvalue weighted by Gasteiger charge is -2.40. The zero-order valence-corrected chi connectivity index (χ0v) is 18.5. The maximum Gasteiger partial charge on any atom is 0.304 e. The minimum atomic E-state index is -2.09. The Kier molecular flexibility index (Phi) is 8.21. The van der Waals surface area contributed by atoms with E-state index in [1.165, 1.54) is 0 Å². The van der Waals surface area contributed by atoms with Crippen molar-refractivity contribution < 1.29 is 28.6 Å². The van der Waals surface area contributed by atoms with Crippen LogP contribution in [-0.2, 0) is 24.6 Å². The van der Waals surface area contributed by atoms with Crippen molar-refractivity contribution in [3.05, 3.63) is 71.8 Å². The number of hydrogen-bond acceptors (Lipinski definition) is 5. The van der Waals surface area contributed by atoms with Crippen LogP contribution in [0.4, 0.5) is 0 Å². The Morgan fingerprint density at radius 1 is 1.03 bits per heavy atom. The lowest BCUT2D eigenvalue weighted by atomic mass is 9.86. The number of carbonyl (C=O) groups excluding carboxylic acids is 1. The number of methoxy groups -OCH3 is 1. The highest BCUT2D eigenvalue weighted by Crippen LogP contribution is 2.30. The van der Waals surface area contributed by atoms with Gasteiger partial charge in [-0.3, -0.25) is 4.79 Å². The third-order valence-corrected chi connectivity index (χ3v) is 6.32. The molecule has 0 aromatic heterocycles. The van der Waals surface area contributed by atoms with E-state index in [1.807, 2.05) is 12.1 Å². The van der Waals surface area contributed by atoms with Gasteiger partial charge in [0.15, 0.2) is 0 Å².